The molecule has 7 nitrogen and oxygen atoms in total. The van der Waals surface area contributed by atoms with Crippen LogP contribution in [0.2, 0.25) is 0 Å². The van der Waals surface area contributed by atoms with Gasteiger partial charge in [0.1, 0.15) is 5.01 Å². The largest absolute Gasteiger partial charge is 0.359 e. The van der Waals surface area contributed by atoms with E-state index in [1.54, 1.807) is 35.2 Å². The molecule has 0 aliphatic carbocycles. The average molecular weight is 648 g/mol. The summed E-state index contributed by atoms with van der Waals surface area (Å²) in [5.41, 5.74) is 6.82. The Kier molecular flexibility index (Phi) is 17.8. The Hall–Kier alpha value is -3.50. The first-order chi connectivity index (χ1) is 21.6. The molecule has 0 bridgehead atoms. The number of amides is 2. The van der Waals surface area contributed by atoms with Gasteiger partial charge in [-0.15, -0.1) is 11.3 Å². The van der Waals surface area contributed by atoms with E-state index in [-0.39, 0.29) is 5.91 Å². The van der Waals surface area contributed by atoms with E-state index in [0.717, 1.165) is 54.3 Å². The summed E-state index contributed by atoms with van der Waals surface area (Å²) in [6, 6.07) is 24.6. The van der Waals surface area contributed by atoms with Crippen LogP contribution in [0.4, 0.5) is 0 Å². The molecule has 2 amide bonds. The van der Waals surface area contributed by atoms with Crippen LogP contribution in [-0.4, -0.2) is 49.4 Å². The van der Waals surface area contributed by atoms with Crippen LogP contribution in [0.25, 0.3) is 0 Å². The van der Waals surface area contributed by atoms with Gasteiger partial charge in [-0.05, 0) is 94.0 Å². The van der Waals surface area contributed by atoms with Gasteiger partial charge in [0.25, 0.3) is 5.91 Å². The third-order valence-electron chi connectivity index (χ3n) is 6.55. The summed E-state index contributed by atoms with van der Waals surface area (Å²) in [5.74, 6) is 0.564. The highest BCUT2D eigenvalue weighted by molar-refractivity contribution is 7.97. The number of aromatic nitrogens is 1. The van der Waals surface area contributed by atoms with E-state index in [0.29, 0.717) is 12.5 Å². The van der Waals surface area contributed by atoms with Crippen LogP contribution in [0.15, 0.2) is 83.1 Å². The van der Waals surface area contributed by atoms with Gasteiger partial charge in [-0.3, -0.25) is 14.3 Å². The highest BCUT2D eigenvalue weighted by Crippen LogP contribution is 2.23. The molecule has 0 saturated carbocycles. The Morgan fingerprint density at radius 3 is 2.29 bits per heavy atom. The lowest BCUT2D eigenvalue weighted by atomic mass is 10.0. The monoisotopic (exact) mass is 647 g/mol. The van der Waals surface area contributed by atoms with Crippen LogP contribution < -0.4 is 15.4 Å². The smallest absolute Gasteiger partial charge is 0.253 e. The molecule has 0 atom stereocenters. The molecule has 0 spiro atoms. The van der Waals surface area contributed by atoms with E-state index in [1.807, 2.05) is 68.7 Å². The maximum atomic E-state index is 12.2. The lowest BCUT2D eigenvalue weighted by Crippen LogP contribution is -2.26. The van der Waals surface area contributed by atoms with Crippen molar-refractivity contribution in [3.8, 4) is 0 Å². The Balaban J connectivity index is 0.000000259. The number of aryl methyl sites for hydroxylation is 3. The molecule has 1 aromatic heterocycles. The molecule has 3 N–H and O–H groups in total. The molecule has 0 aliphatic rings. The normalized spacial score (nSPS) is 10.3. The highest BCUT2D eigenvalue weighted by atomic mass is 32.2. The first-order valence-electron chi connectivity index (χ1n) is 15.2. The van der Waals surface area contributed by atoms with Gasteiger partial charge in [-0.1, -0.05) is 73.5 Å². The minimum atomic E-state index is 0.0338. The van der Waals surface area contributed by atoms with Crippen molar-refractivity contribution >= 4 is 35.6 Å². The Morgan fingerprint density at radius 1 is 0.978 bits per heavy atom. The van der Waals surface area contributed by atoms with Gasteiger partial charge < -0.3 is 15.5 Å². The van der Waals surface area contributed by atoms with Gasteiger partial charge in [-0.2, -0.15) is 0 Å². The number of rotatable bonds is 13. The summed E-state index contributed by atoms with van der Waals surface area (Å²) in [5, 5.41) is 9.04. The fourth-order valence-electron chi connectivity index (χ4n) is 4.19. The van der Waals surface area contributed by atoms with Crippen LogP contribution in [0, 0.1) is 20.8 Å². The van der Waals surface area contributed by atoms with E-state index in [1.165, 1.54) is 21.6 Å². The van der Waals surface area contributed by atoms with E-state index in [4.69, 9.17) is 0 Å². The molecule has 1 heterocycles. The number of nitrogens with one attached hydrogen (secondary N) is 3. The van der Waals surface area contributed by atoms with Gasteiger partial charge in [0.2, 0.25) is 6.41 Å². The van der Waals surface area contributed by atoms with Crippen molar-refractivity contribution in [2.75, 3.05) is 27.2 Å². The SMILES string of the molecule is CNSc1cc(CNCCCNC=O)cc(C(C)C)c1.Cc1cccc(C(=O)N(C)Cc2nc(C)cs2)c1.Cc1ccccc1. The molecule has 3 aromatic carbocycles. The van der Waals surface area contributed by atoms with Crippen molar-refractivity contribution in [3.63, 3.8) is 0 Å². The molecule has 4 aromatic rings. The lowest BCUT2D eigenvalue weighted by Gasteiger charge is -2.15. The number of hydrogen-bond donors (Lipinski definition) is 3. The molecule has 242 valence electrons. The van der Waals surface area contributed by atoms with Crippen molar-refractivity contribution in [2.45, 2.75) is 64.9 Å². The second-order valence-electron chi connectivity index (χ2n) is 11.0. The molecule has 0 unspecified atom stereocenters. The number of carbonyl (C=O) groups is 2. The zero-order valence-electron chi connectivity index (χ0n) is 27.7. The summed E-state index contributed by atoms with van der Waals surface area (Å²) < 4.78 is 3.12. The zero-order valence-corrected chi connectivity index (χ0v) is 29.4. The maximum Gasteiger partial charge on any atom is 0.253 e. The molecule has 0 fully saturated rings. The maximum absolute atomic E-state index is 12.2. The minimum absolute atomic E-state index is 0.0338. The predicted molar refractivity (Wildman–Crippen MR) is 191 cm³/mol. The highest BCUT2D eigenvalue weighted by Gasteiger charge is 2.13. The van der Waals surface area contributed by atoms with Gasteiger partial charge in [0.15, 0.2) is 0 Å². The molecule has 45 heavy (non-hydrogen) atoms. The topological polar surface area (TPSA) is 86.4 Å². The third kappa shape index (κ3) is 15.4. The molecule has 0 radical (unpaired) electrons. The van der Waals surface area contributed by atoms with Gasteiger partial charge in [0.05, 0.1) is 6.54 Å². The zero-order chi connectivity index (χ0) is 33.0. The quantitative estimate of drug-likeness (QED) is 0.0803. The first kappa shape index (κ1) is 37.7. The average Bonchev–Trinajstić information content (AvgIpc) is 3.43. The van der Waals surface area contributed by atoms with Crippen LogP contribution in [0.1, 0.15) is 69.5 Å². The van der Waals surface area contributed by atoms with E-state index >= 15 is 0 Å². The van der Waals surface area contributed by atoms with Gasteiger partial charge in [-0.25, -0.2) is 4.98 Å². The second kappa shape index (κ2) is 21.3. The van der Waals surface area contributed by atoms with E-state index in [2.05, 4.69) is 71.4 Å². The van der Waals surface area contributed by atoms with Gasteiger partial charge >= 0.3 is 0 Å². The Labute approximate surface area is 278 Å². The fourth-order valence-corrected chi connectivity index (χ4v) is 5.65. The number of thiazole rings is 1. The van der Waals surface area contributed by atoms with Crippen molar-refractivity contribution in [1.82, 2.24) is 25.2 Å². The van der Waals surface area contributed by atoms with Crippen molar-refractivity contribution in [2.24, 2.45) is 0 Å². The fraction of sp³-hybridized carbons (Fsp3) is 0.361. The number of benzene rings is 3. The summed E-state index contributed by atoms with van der Waals surface area (Å²) >= 11 is 3.23. The minimum Gasteiger partial charge on any atom is -0.359 e. The van der Waals surface area contributed by atoms with Crippen molar-refractivity contribution in [1.29, 1.82) is 0 Å². The van der Waals surface area contributed by atoms with Crippen LogP contribution in [0.5, 0.6) is 0 Å². The van der Waals surface area contributed by atoms with Crippen LogP contribution in [-0.2, 0) is 17.9 Å². The van der Waals surface area contributed by atoms with Crippen LogP contribution in [0.3, 0.4) is 0 Å². The molecule has 0 saturated heterocycles. The Bertz CT molecular complexity index is 1430. The standard InChI is InChI=1S/C15H25N3OS.C14H16N2OS.C7H8/c1-12(2)14-7-13(8-15(9-14)20-16-3)10-17-5-4-6-18-11-19;1-10-5-4-6-12(7-10)14(17)16(3)8-13-15-11(2)9-18-13;1-7-5-3-2-4-6-7/h7-9,11-12,16-17H,4-6,10H2,1-3H3,(H,18,19);4-7,9H,8H2,1-3H3;2-6H,1H3. The first-order valence-corrected chi connectivity index (χ1v) is 16.9. The predicted octanol–water partition coefficient (Wildman–Crippen LogP) is 7.29. The van der Waals surface area contributed by atoms with E-state index < -0.39 is 0 Å². The molecule has 4 rings (SSSR count). The third-order valence-corrected chi connectivity index (χ3v) is 8.18. The summed E-state index contributed by atoms with van der Waals surface area (Å²) in [6.45, 7) is 13.5. The molecular weight excluding hydrogens is 599 g/mol. The van der Waals surface area contributed by atoms with Crippen LogP contribution >= 0.6 is 23.3 Å². The number of nitrogens with zero attached hydrogens (tertiary/aromatic N) is 2. The molecule has 0 aliphatic heterocycles. The summed E-state index contributed by atoms with van der Waals surface area (Å²) in [6.07, 6.45) is 1.69. The summed E-state index contributed by atoms with van der Waals surface area (Å²) in [7, 11) is 3.74. The van der Waals surface area contributed by atoms with E-state index in [9.17, 15) is 9.59 Å². The second-order valence-corrected chi connectivity index (χ2v) is 13.1. The number of hydrogen-bond acceptors (Lipinski definition) is 7. The van der Waals surface area contributed by atoms with Crippen molar-refractivity contribution in [3.05, 3.63) is 117 Å². The van der Waals surface area contributed by atoms with Gasteiger partial charge in [0, 0.05) is 41.7 Å². The number of carbonyl (C=O) groups excluding carboxylic acids is 2. The Morgan fingerprint density at radius 2 is 1.71 bits per heavy atom. The lowest BCUT2D eigenvalue weighted by molar-refractivity contribution is -0.109. The molecule has 9 heteroatoms. The summed E-state index contributed by atoms with van der Waals surface area (Å²) in [4.78, 5) is 29.6. The van der Waals surface area contributed by atoms with Crippen molar-refractivity contribution < 1.29 is 9.59 Å². The molecular formula is C36H49N5O2S2.